The first-order valence-corrected chi connectivity index (χ1v) is 9.62. The Hall–Kier alpha value is -0.890. The zero-order valence-electron chi connectivity index (χ0n) is 11.8. The molecular formula is C14H17BrN2O2S2. The van der Waals surface area contributed by atoms with Gasteiger partial charge in [-0.3, -0.25) is 4.72 Å². The monoisotopic (exact) mass is 388 g/mol. The van der Waals surface area contributed by atoms with Crippen molar-refractivity contribution in [1.82, 2.24) is 5.32 Å². The summed E-state index contributed by atoms with van der Waals surface area (Å²) in [5.41, 5.74) is 1.51. The smallest absolute Gasteiger partial charge is 0.271 e. The van der Waals surface area contributed by atoms with Crippen molar-refractivity contribution in [3.63, 3.8) is 0 Å². The van der Waals surface area contributed by atoms with Gasteiger partial charge in [0.25, 0.3) is 10.0 Å². The fraction of sp³-hybridized carbons (Fsp3) is 0.286. The summed E-state index contributed by atoms with van der Waals surface area (Å²) in [6, 6.07) is 9.21. The Kier molecular flexibility index (Phi) is 5.43. The number of benzene rings is 1. The van der Waals surface area contributed by atoms with Crippen LogP contribution in [0.25, 0.3) is 0 Å². The molecule has 0 unspecified atom stereocenters. The van der Waals surface area contributed by atoms with Gasteiger partial charge in [0.1, 0.15) is 4.21 Å². The van der Waals surface area contributed by atoms with Gasteiger partial charge >= 0.3 is 0 Å². The number of sulfonamides is 1. The maximum Gasteiger partial charge on any atom is 0.271 e. The molecule has 1 aromatic carbocycles. The second-order valence-corrected chi connectivity index (χ2v) is 8.57. The van der Waals surface area contributed by atoms with E-state index in [4.69, 9.17) is 0 Å². The Labute approximate surface area is 137 Å². The molecule has 7 heteroatoms. The predicted octanol–water partition coefficient (Wildman–Crippen LogP) is 3.81. The van der Waals surface area contributed by atoms with Crippen LogP contribution in [0.2, 0.25) is 0 Å². The van der Waals surface area contributed by atoms with Gasteiger partial charge in [0.05, 0.1) is 5.69 Å². The van der Waals surface area contributed by atoms with E-state index in [-0.39, 0.29) is 0 Å². The van der Waals surface area contributed by atoms with Crippen LogP contribution in [0.3, 0.4) is 0 Å². The molecule has 2 rings (SSSR count). The SMILES string of the molecule is CC(C)NCc1csc(S(=O)(=O)Nc2ccccc2Br)c1. The summed E-state index contributed by atoms with van der Waals surface area (Å²) in [6.07, 6.45) is 0. The number of anilines is 1. The highest BCUT2D eigenvalue weighted by Gasteiger charge is 2.18. The van der Waals surface area contributed by atoms with E-state index in [1.165, 1.54) is 11.3 Å². The summed E-state index contributed by atoms with van der Waals surface area (Å²) in [4.78, 5) is 0. The third-order valence-corrected chi connectivity index (χ3v) is 6.27. The molecule has 0 amide bonds. The zero-order valence-corrected chi connectivity index (χ0v) is 15.0. The summed E-state index contributed by atoms with van der Waals surface area (Å²) in [5.74, 6) is 0. The second kappa shape index (κ2) is 6.91. The van der Waals surface area contributed by atoms with Crippen molar-refractivity contribution >= 4 is 43.0 Å². The minimum atomic E-state index is -3.54. The van der Waals surface area contributed by atoms with Crippen LogP contribution in [0.5, 0.6) is 0 Å². The predicted molar refractivity (Wildman–Crippen MR) is 91.2 cm³/mol. The lowest BCUT2D eigenvalue weighted by Gasteiger charge is -2.08. The Morgan fingerprint density at radius 3 is 2.67 bits per heavy atom. The van der Waals surface area contributed by atoms with E-state index < -0.39 is 10.0 Å². The highest BCUT2D eigenvalue weighted by Crippen LogP contribution is 2.27. The van der Waals surface area contributed by atoms with E-state index in [0.29, 0.717) is 27.0 Å². The highest BCUT2D eigenvalue weighted by atomic mass is 79.9. The molecule has 0 saturated heterocycles. The topological polar surface area (TPSA) is 58.2 Å². The average molecular weight is 389 g/mol. The van der Waals surface area contributed by atoms with Crippen LogP contribution in [-0.2, 0) is 16.6 Å². The van der Waals surface area contributed by atoms with Gasteiger partial charge in [-0.05, 0) is 45.1 Å². The molecular weight excluding hydrogens is 372 g/mol. The van der Waals surface area contributed by atoms with Crippen molar-refractivity contribution in [1.29, 1.82) is 0 Å². The third kappa shape index (κ3) is 4.54. The summed E-state index contributed by atoms with van der Waals surface area (Å²) < 4.78 is 28.4. The standard InChI is InChI=1S/C14H17BrN2O2S2/c1-10(2)16-8-11-7-14(20-9-11)21(18,19)17-13-6-4-3-5-12(13)15/h3-7,9-10,16-17H,8H2,1-2H3. The van der Waals surface area contributed by atoms with E-state index >= 15 is 0 Å². The van der Waals surface area contributed by atoms with Crippen molar-refractivity contribution in [2.45, 2.75) is 30.6 Å². The lowest BCUT2D eigenvalue weighted by Crippen LogP contribution is -2.21. The largest absolute Gasteiger partial charge is 0.310 e. The summed E-state index contributed by atoms with van der Waals surface area (Å²) in [6.45, 7) is 4.77. The van der Waals surface area contributed by atoms with Crippen LogP contribution in [0.15, 0.2) is 44.4 Å². The summed E-state index contributed by atoms with van der Waals surface area (Å²) in [5, 5.41) is 5.13. The fourth-order valence-corrected chi connectivity index (χ4v) is 4.45. The molecule has 0 saturated carbocycles. The minimum Gasteiger partial charge on any atom is -0.310 e. The first-order valence-electron chi connectivity index (χ1n) is 6.46. The number of hydrogen-bond donors (Lipinski definition) is 2. The summed E-state index contributed by atoms with van der Waals surface area (Å²) >= 11 is 4.56. The third-order valence-electron chi connectivity index (χ3n) is 2.73. The van der Waals surface area contributed by atoms with E-state index in [9.17, 15) is 8.42 Å². The lowest BCUT2D eigenvalue weighted by molar-refractivity contribution is 0.589. The molecule has 0 spiro atoms. The summed E-state index contributed by atoms with van der Waals surface area (Å²) in [7, 11) is -3.54. The molecule has 0 bridgehead atoms. The molecule has 0 fully saturated rings. The number of nitrogens with one attached hydrogen (secondary N) is 2. The van der Waals surface area contributed by atoms with Gasteiger partial charge in [-0.2, -0.15) is 0 Å². The van der Waals surface area contributed by atoms with Crippen LogP contribution in [0.4, 0.5) is 5.69 Å². The van der Waals surface area contributed by atoms with Crippen molar-refractivity contribution in [2.75, 3.05) is 4.72 Å². The van der Waals surface area contributed by atoms with Crippen LogP contribution >= 0.6 is 27.3 Å². The van der Waals surface area contributed by atoms with Gasteiger partial charge in [-0.15, -0.1) is 11.3 Å². The number of hydrogen-bond acceptors (Lipinski definition) is 4. The van der Waals surface area contributed by atoms with Crippen LogP contribution < -0.4 is 10.0 Å². The molecule has 114 valence electrons. The number of rotatable bonds is 6. The molecule has 0 aliphatic heterocycles. The van der Waals surface area contributed by atoms with E-state index in [1.54, 1.807) is 24.3 Å². The zero-order chi connectivity index (χ0) is 15.5. The van der Waals surface area contributed by atoms with Gasteiger partial charge < -0.3 is 5.32 Å². The molecule has 21 heavy (non-hydrogen) atoms. The molecule has 1 heterocycles. The Morgan fingerprint density at radius 2 is 2.00 bits per heavy atom. The normalized spacial score (nSPS) is 11.8. The van der Waals surface area contributed by atoms with Gasteiger partial charge in [-0.1, -0.05) is 26.0 Å². The minimum absolute atomic E-state index is 0.318. The first kappa shape index (κ1) is 16.5. The van der Waals surface area contributed by atoms with Crippen molar-refractivity contribution in [3.05, 3.63) is 45.7 Å². The average Bonchev–Trinajstić information content (AvgIpc) is 2.88. The van der Waals surface area contributed by atoms with Crippen molar-refractivity contribution in [2.24, 2.45) is 0 Å². The number of thiophene rings is 1. The van der Waals surface area contributed by atoms with Crippen molar-refractivity contribution in [3.8, 4) is 0 Å². The van der Waals surface area contributed by atoms with Gasteiger partial charge in [0.15, 0.2) is 0 Å². The molecule has 0 atom stereocenters. The molecule has 1 aromatic heterocycles. The molecule has 2 N–H and O–H groups in total. The van der Waals surface area contributed by atoms with E-state index in [1.807, 2.05) is 11.4 Å². The highest BCUT2D eigenvalue weighted by molar-refractivity contribution is 9.10. The van der Waals surface area contributed by atoms with Crippen LogP contribution in [-0.4, -0.2) is 14.5 Å². The Morgan fingerprint density at radius 1 is 1.29 bits per heavy atom. The van der Waals surface area contributed by atoms with Gasteiger partial charge in [0.2, 0.25) is 0 Å². The van der Waals surface area contributed by atoms with Crippen molar-refractivity contribution < 1.29 is 8.42 Å². The maximum atomic E-state index is 12.4. The number of para-hydroxylation sites is 1. The number of halogens is 1. The van der Waals surface area contributed by atoms with E-state index in [2.05, 4.69) is 39.8 Å². The molecule has 2 aromatic rings. The van der Waals surface area contributed by atoms with Crippen LogP contribution in [0, 0.1) is 0 Å². The Bertz CT molecular complexity index is 711. The van der Waals surface area contributed by atoms with Gasteiger partial charge in [0, 0.05) is 17.1 Å². The molecule has 4 nitrogen and oxygen atoms in total. The fourth-order valence-electron chi connectivity index (χ4n) is 1.65. The molecule has 0 aliphatic carbocycles. The van der Waals surface area contributed by atoms with E-state index in [0.717, 1.165) is 5.56 Å². The molecule has 0 radical (unpaired) electrons. The lowest BCUT2D eigenvalue weighted by atomic mass is 10.3. The van der Waals surface area contributed by atoms with Crippen LogP contribution in [0.1, 0.15) is 19.4 Å². The first-order chi connectivity index (χ1) is 9.88. The maximum absolute atomic E-state index is 12.4. The quantitative estimate of drug-likeness (QED) is 0.790. The second-order valence-electron chi connectivity index (χ2n) is 4.89. The van der Waals surface area contributed by atoms with Gasteiger partial charge in [-0.25, -0.2) is 8.42 Å². The Balaban J connectivity index is 2.15. The molecule has 0 aliphatic rings.